The summed E-state index contributed by atoms with van der Waals surface area (Å²) in [7, 11) is 0. The van der Waals surface area contributed by atoms with E-state index in [4.69, 9.17) is 9.47 Å². The molecule has 5 nitrogen and oxygen atoms in total. The van der Waals surface area contributed by atoms with Crippen molar-refractivity contribution in [2.75, 3.05) is 0 Å². The van der Waals surface area contributed by atoms with Gasteiger partial charge in [-0.15, -0.1) is 0 Å². The molecule has 134 valence electrons. The van der Waals surface area contributed by atoms with Gasteiger partial charge in [-0.2, -0.15) is 0 Å². The van der Waals surface area contributed by atoms with E-state index in [0.29, 0.717) is 12.8 Å². The molecule has 0 aromatic rings. The van der Waals surface area contributed by atoms with Gasteiger partial charge < -0.3 is 14.6 Å². The Morgan fingerprint density at radius 3 is 2.46 bits per heavy atom. The molecule has 0 aromatic carbocycles. The fraction of sp³-hybridized carbons (Fsp3) is 0.684. The van der Waals surface area contributed by atoms with Crippen LogP contribution >= 0.6 is 0 Å². The predicted molar refractivity (Wildman–Crippen MR) is 90.1 cm³/mol. The van der Waals surface area contributed by atoms with Crippen LogP contribution in [-0.4, -0.2) is 35.4 Å². The molecular weight excluding hydrogens is 308 g/mol. The standard InChI is InChI=1S/C19H28O5/c1-11-10-19(5)12(2)8-16(23-13(3)20)9-15(19)6-7-17(22)18(11)24-14(4)21/h9-10,12,16-18,22H,6-8H2,1-5H3/b11-10-/t12-,16-,17-,18-,19+/m0/s1. The highest BCUT2D eigenvalue weighted by Gasteiger charge is 2.41. The zero-order valence-corrected chi connectivity index (χ0v) is 15.2. The Kier molecular flexibility index (Phi) is 5.53. The molecule has 1 N–H and O–H groups in total. The van der Waals surface area contributed by atoms with Crippen LogP contribution in [0.15, 0.2) is 23.3 Å². The maximum atomic E-state index is 11.4. The Hall–Kier alpha value is -1.62. The molecule has 0 fully saturated rings. The van der Waals surface area contributed by atoms with Crippen molar-refractivity contribution in [2.45, 2.75) is 72.2 Å². The fourth-order valence-corrected chi connectivity index (χ4v) is 3.93. The largest absolute Gasteiger partial charge is 0.458 e. The van der Waals surface area contributed by atoms with Gasteiger partial charge in [-0.3, -0.25) is 9.59 Å². The number of esters is 2. The van der Waals surface area contributed by atoms with Crippen molar-refractivity contribution in [1.82, 2.24) is 0 Å². The third-order valence-electron chi connectivity index (χ3n) is 5.33. The summed E-state index contributed by atoms with van der Waals surface area (Å²) in [6.45, 7) is 8.99. The van der Waals surface area contributed by atoms with Crippen molar-refractivity contribution >= 4 is 11.9 Å². The second-order valence-corrected chi connectivity index (χ2v) is 7.28. The van der Waals surface area contributed by atoms with E-state index < -0.39 is 12.2 Å². The minimum Gasteiger partial charge on any atom is -0.458 e. The zero-order valence-electron chi connectivity index (χ0n) is 15.2. The quantitative estimate of drug-likeness (QED) is 0.620. The second kappa shape index (κ2) is 7.09. The molecule has 0 saturated carbocycles. The van der Waals surface area contributed by atoms with Gasteiger partial charge in [0.25, 0.3) is 0 Å². The lowest BCUT2D eigenvalue weighted by atomic mass is 9.63. The average molecular weight is 336 g/mol. The molecule has 2 aliphatic rings. The van der Waals surface area contributed by atoms with Gasteiger partial charge in [-0.05, 0) is 43.8 Å². The number of rotatable bonds is 2. The normalized spacial score (nSPS) is 38.6. The first-order chi connectivity index (χ1) is 11.1. The van der Waals surface area contributed by atoms with E-state index in [9.17, 15) is 14.7 Å². The van der Waals surface area contributed by atoms with Crippen molar-refractivity contribution < 1.29 is 24.2 Å². The summed E-state index contributed by atoms with van der Waals surface area (Å²) in [5.74, 6) is -0.398. The van der Waals surface area contributed by atoms with Gasteiger partial charge in [0.1, 0.15) is 12.2 Å². The van der Waals surface area contributed by atoms with Crippen molar-refractivity contribution in [3.05, 3.63) is 23.3 Å². The molecule has 0 aliphatic heterocycles. The summed E-state index contributed by atoms with van der Waals surface area (Å²) in [4.78, 5) is 22.6. The van der Waals surface area contributed by atoms with Crippen LogP contribution in [0.3, 0.4) is 0 Å². The van der Waals surface area contributed by atoms with Gasteiger partial charge in [0, 0.05) is 19.3 Å². The Morgan fingerprint density at radius 1 is 1.25 bits per heavy atom. The lowest BCUT2D eigenvalue weighted by Gasteiger charge is -2.44. The molecular formula is C19H28O5. The molecule has 2 rings (SSSR count). The number of allylic oxidation sites excluding steroid dienone is 2. The first kappa shape index (κ1) is 18.7. The maximum absolute atomic E-state index is 11.4. The summed E-state index contributed by atoms with van der Waals surface area (Å²) >= 11 is 0. The molecule has 0 heterocycles. The van der Waals surface area contributed by atoms with E-state index >= 15 is 0 Å². The fourth-order valence-electron chi connectivity index (χ4n) is 3.93. The predicted octanol–water partition coefficient (Wildman–Crippen LogP) is 2.92. The van der Waals surface area contributed by atoms with Crippen molar-refractivity contribution in [3.63, 3.8) is 0 Å². The highest BCUT2D eigenvalue weighted by atomic mass is 16.6. The number of hydrogen-bond acceptors (Lipinski definition) is 5. The SMILES string of the molecule is CC(=O)O[C@@H]1C=C2CC[C@H](O)[C@@H](OC(C)=O)/C(C)=C\[C@]2(C)[C@@H](C)C1. The molecule has 0 radical (unpaired) electrons. The van der Waals surface area contributed by atoms with Gasteiger partial charge in [0.05, 0.1) is 6.10 Å². The summed E-state index contributed by atoms with van der Waals surface area (Å²) in [6.07, 6.45) is 4.54. The first-order valence-electron chi connectivity index (χ1n) is 8.56. The highest BCUT2D eigenvalue weighted by molar-refractivity contribution is 5.67. The van der Waals surface area contributed by atoms with E-state index in [1.165, 1.54) is 19.4 Å². The van der Waals surface area contributed by atoms with Crippen LogP contribution in [0.1, 0.15) is 53.9 Å². The zero-order chi connectivity index (χ0) is 18.1. The van der Waals surface area contributed by atoms with Gasteiger partial charge in [-0.25, -0.2) is 0 Å². The topological polar surface area (TPSA) is 72.8 Å². The number of ether oxygens (including phenoxy) is 2. The molecule has 0 amide bonds. The summed E-state index contributed by atoms with van der Waals surface area (Å²) in [6, 6.07) is 0. The van der Waals surface area contributed by atoms with Crippen LogP contribution in [0.25, 0.3) is 0 Å². The lowest BCUT2D eigenvalue weighted by Crippen LogP contribution is -2.40. The molecule has 0 saturated heterocycles. The van der Waals surface area contributed by atoms with Crippen LogP contribution in [0.4, 0.5) is 0 Å². The Balaban J connectivity index is 2.39. The van der Waals surface area contributed by atoms with Crippen LogP contribution in [0, 0.1) is 11.3 Å². The molecule has 2 aliphatic carbocycles. The molecule has 5 atom stereocenters. The number of aliphatic hydroxyl groups is 1. The summed E-state index contributed by atoms with van der Waals surface area (Å²) in [5.41, 5.74) is 1.84. The summed E-state index contributed by atoms with van der Waals surface area (Å²) in [5, 5.41) is 10.4. The minimum atomic E-state index is -0.736. The molecule has 5 heteroatoms. The third kappa shape index (κ3) is 3.89. The van der Waals surface area contributed by atoms with Crippen molar-refractivity contribution in [2.24, 2.45) is 11.3 Å². The Bertz CT molecular complexity index is 576. The van der Waals surface area contributed by atoms with Crippen molar-refractivity contribution in [3.8, 4) is 0 Å². The van der Waals surface area contributed by atoms with Crippen LogP contribution in [0.5, 0.6) is 0 Å². The van der Waals surface area contributed by atoms with E-state index in [1.807, 2.05) is 13.0 Å². The van der Waals surface area contributed by atoms with Crippen LogP contribution < -0.4 is 0 Å². The monoisotopic (exact) mass is 336 g/mol. The first-order valence-corrected chi connectivity index (χ1v) is 8.56. The average Bonchev–Trinajstić information content (AvgIpc) is 2.45. The van der Waals surface area contributed by atoms with E-state index in [1.54, 1.807) is 0 Å². The second-order valence-electron chi connectivity index (χ2n) is 7.28. The Morgan fingerprint density at radius 2 is 1.88 bits per heavy atom. The summed E-state index contributed by atoms with van der Waals surface area (Å²) < 4.78 is 10.7. The third-order valence-corrected chi connectivity index (χ3v) is 5.33. The van der Waals surface area contributed by atoms with Gasteiger partial charge in [-0.1, -0.05) is 25.5 Å². The maximum Gasteiger partial charge on any atom is 0.303 e. The van der Waals surface area contributed by atoms with Gasteiger partial charge >= 0.3 is 11.9 Å². The molecule has 0 bridgehead atoms. The van der Waals surface area contributed by atoms with Gasteiger partial charge in [0.15, 0.2) is 0 Å². The minimum absolute atomic E-state index is 0.195. The molecule has 0 unspecified atom stereocenters. The lowest BCUT2D eigenvalue weighted by molar-refractivity contribution is -0.149. The molecule has 0 aromatic heterocycles. The number of aliphatic hydroxyl groups excluding tert-OH is 1. The number of carbonyl (C=O) groups is 2. The van der Waals surface area contributed by atoms with Crippen molar-refractivity contribution in [1.29, 1.82) is 0 Å². The van der Waals surface area contributed by atoms with Crippen LogP contribution in [-0.2, 0) is 19.1 Å². The molecule has 24 heavy (non-hydrogen) atoms. The number of hydrogen-bond donors (Lipinski definition) is 1. The molecule has 0 spiro atoms. The van der Waals surface area contributed by atoms with E-state index in [0.717, 1.165) is 12.0 Å². The number of fused-ring (bicyclic) bond motifs is 1. The van der Waals surface area contributed by atoms with Gasteiger partial charge in [0.2, 0.25) is 0 Å². The van der Waals surface area contributed by atoms with E-state index in [-0.39, 0.29) is 29.4 Å². The smallest absolute Gasteiger partial charge is 0.303 e. The van der Waals surface area contributed by atoms with Crippen LogP contribution in [0.2, 0.25) is 0 Å². The number of carbonyl (C=O) groups excluding carboxylic acids is 2. The van der Waals surface area contributed by atoms with E-state index in [2.05, 4.69) is 19.9 Å². The highest BCUT2D eigenvalue weighted by Crippen LogP contribution is 2.48. The Labute approximate surface area is 143 Å².